The van der Waals surface area contributed by atoms with E-state index in [2.05, 4.69) is 25.4 Å². The van der Waals surface area contributed by atoms with Gasteiger partial charge in [-0.05, 0) is 25.0 Å². The number of hydrogen-bond donors (Lipinski definition) is 3. The molecule has 2 heterocycles. The van der Waals surface area contributed by atoms with Crippen molar-refractivity contribution in [3.63, 3.8) is 0 Å². The van der Waals surface area contributed by atoms with Crippen molar-refractivity contribution >= 4 is 28.1 Å². The van der Waals surface area contributed by atoms with E-state index in [-0.39, 0.29) is 11.4 Å². The first-order valence-electron chi connectivity index (χ1n) is 6.86. The molecule has 1 fully saturated rings. The Morgan fingerprint density at radius 2 is 1.82 bits per heavy atom. The molecule has 0 spiro atoms. The zero-order chi connectivity index (χ0) is 15.5. The van der Waals surface area contributed by atoms with Crippen LogP contribution in [0.3, 0.4) is 0 Å². The summed E-state index contributed by atoms with van der Waals surface area (Å²) in [7, 11) is 0. The van der Waals surface area contributed by atoms with Crippen LogP contribution < -0.4 is 16.0 Å². The summed E-state index contributed by atoms with van der Waals surface area (Å²) in [5.74, 6) is 0. The molecule has 0 atom stereocenters. The summed E-state index contributed by atoms with van der Waals surface area (Å²) in [6, 6.07) is 7.02. The van der Waals surface area contributed by atoms with Crippen LogP contribution in [0, 0.1) is 22.7 Å². The lowest BCUT2D eigenvalue weighted by atomic mass is 10.2. The van der Waals surface area contributed by atoms with Crippen molar-refractivity contribution in [3.05, 3.63) is 22.6 Å². The Balaban J connectivity index is 2.07. The molecule has 0 saturated carbocycles. The van der Waals surface area contributed by atoms with E-state index in [1.165, 1.54) is 0 Å². The van der Waals surface area contributed by atoms with Crippen LogP contribution in [0.25, 0.3) is 11.0 Å². The van der Waals surface area contributed by atoms with Crippen molar-refractivity contribution in [2.75, 3.05) is 23.4 Å². The molecular formula is C14H13N7O. The average molecular weight is 295 g/mol. The van der Waals surface area contributed by atoms with Crippen molar-refractivity contribution in [3.8, 4) is 12.1 Å². The first-order valence-corrected chi connectivity index (χ1v) is 6.86. The second-order valence-electron chi connectivity index (χ2n) is 4.98. The fourth-order valence-corrected chi connectivity index (χ4v) is 2.57. The molecule has 0 bridgehead atoms. The maximum atomic E-state index is 11.4. The fraction of sp³-hybridized carbons (Fsp3) is 0.286. The fourth-order valence-electron chi connectivity index (χ4n) is 2.57. The molecular weight excluding hydrogens is 282 g/mol. The van der Waals surface area contributed by atoms with Crippen LogP contribution in [0.15, 0.2) is 22.0 Å². The van der Waals surface area contributed by atoms with Crippen LogP contribution in [0.4, 0.5) is 11.4 Å². The number of imidazole rings is 1. The van der Waals surface area contributed by atoms with E-state index in [1.807, 2.05) is 6.07 Å². The van der Waals surface area contributed by atoms with E-state index in [9.17, 15) is 4.79 Å². The lowest BCUT2D eigenvalue weighted by molar-refractivity contribution is 0.949. The average Bonchev–Trinajstić information content (AvgIpc) is 3.15. The third-order valence-electron chi connectivity index (χ3n) is 3.58. The zero-order valence-corrected chi connectivity index (χ0v) is 11.7. The normalized spacial score (nSPS) is 13.6. The lowest BCUT2D eigenvalue weighted by Crippen LogP contribution is -2.19. The maximum Gasteiger partial charge on any atom is 0.323 e. The molecule has 0 aliphatic carbocycles. The van der Waals surface area contributed by atoms with Gasteiger partial charge in [0.15, 0.2) is 0 Å². The number of hydrogen-bond acceptors (Lipinski definition) is 6. The molecule has 1 saturated heterocycles. The van der Waals surface area contributed by atoms with Crippen molar-refractivity contribution in [1.82, 2.24) is 9.97 Å². The third-order valence-corrected chi connectivity index (χ3v) is 3.58. The Bertz CT molecular complexity index is 855. The van der Waals surface area contributed by atoms with Crippen molar-refractivity contribution in [1.29, 1.82) is 10.5 Å². The Kier molecular flexibility index (Phi) is 3.50. The Morgan fingerprint density at radius 1 is 1.18 bits per heavy atom. The number of H-pyrrole nitrogens is 2. The van der Waals surface area contributed by atoms with Crippen molar-refractivity contribution in [2.24, 2.45) is 5.10 Å². The van der Waals surface area contributed by atoms with Crippen molar-refractivity contribution in [2.45, 2.75) is 12.8 Å². The van der Waals surface area contributed by atoms with E-state index < -0.39 is 0 Å². The Labute approximate surface area is 125 Å². The van der Waals surface area contributed by atoms with Crippen LogP contribution in [0.1, 0.15) is 12.8 Å². The lowest BCUT2D eigenvalue weighted by Gasteiger charge is -2.21. The highest BCUT2D eigenvalue weighted by molar-refractivity contribution is 6.10. The van der Waals surface area contributed by atoms with Gasteiger partial charge in [0.1, 0.15) is 12.1 Å². The molecule has 22 heavy (non-hydrogen) atoms. The largest absolute Gasteiger partial charge is 0.370 e. The first-order chi connectivity index (χ1) is 10.7. The number of fused-ring (bicyclic) bond motifs is 1. The maximum absolute atomic E-state index is 11.4. The molecule has 0 unspecified atom stereocenters. The molecule has 2 aromatic rings. The molecule has 8 heteroatoms. The minimum atomic E-state index is -0.280. The van der Waals surface area contributed by atoms with Crippen LogP contribution in [0.2, 0.25) is 0 Å². The van der Waals surface area contributed by atoms with E-state index in [4.69, 9.17) is 10.5 Å². The highest BCUT2D eigenvalue weighted by Crippen LogP contribution is 2.32. The van der Waals surface area contributed by atoms with Gasteiger partial charge < -0.3 is 14.9 Å². The molecule has 110 valence electrons. The Morgan fingerprint density at radius 3 is 2.45 bits per heavy atom. The van der Waals surface area contributed by atoms with Gasteiger partial charge in [-0.1, -0.05) is 0 Å². The minimum Gasteiger partial charge on any atom is -0.370 e. The highest BCUT2D eigenvalue weighted by Gasteiger charge is 2.17. The zero-order valence-electron chi connectivity index (χ0n) is 11.7. The van der Waals surface area contributed by atoms with Gasteiger partial charge in [-0.15, -0.1) is 0 Å². The molecule has 1 aliphatic heterocycles. The van der Waals surface area contributed by atoms with Crippen LogP contribution >= 0.6 is 0 Å². The molecule has 1 aromatic heterocycles. The number of anilines is 2. The molecule has 1 aliphatic rings. The van der Waals surface area contributed by atoms with Gasteiger partial charge in [0.05, 0.1) is 22.4 Å². The van der Waals surface area contributed by atoms with Gasteiger partial charge in [0, 0.05) is 13.1 Å². The van der Waals surface area contributed by atoms with E-state index in [0.717, 1.165) is 31.6 Å². The highest BCUT2D eigenvalue weighted by atomic mass is 16.1. The standard InChI is InChI=1S/C14H13N7O/c15-7-9(8-16)19-20-12-5-10-11(18-14(22)17-10)6-13(12)21-3-1-2-4-21/h5-6,20H,1-4H2,(H2,17,18,22). The van der Waals surface area contributed by atoms with Crippen LogP contribution in [-0.4, -0.2) is 28.8 Å². The molecule has 0 amide bonds. The molecule has 1 aromatic carbocycles. The quantitative estimate of drug-likeness (QED) is 0.581. The summed E-state index contributed by atoms with van der Waals surface area (Å²) in [6.07, 6.45) is 2.21. The van der Waals surface area contributed by atoms with Gasteiger partial charge in [0.25, 0.3) is 0 Å². The summed E-state index contributed by atoms with van der Waals surface area (Å²) in [4.78, 5) is 19.0. The summed E-state index contributed by atoms with van der Waals surface area (Å²) >= 11 is 0. The number of nitrogens with zero attached hydrogens (tertiary/aromatic N) is 4. The second-order valence-corrected chi connectivity index (χ2v) is 4.98. The van der Waals surface area contributed by atoms with E-state index in [0.29, 0.717) is 16.7 Å². The van der Waals surface area contributed by atoms with E-state index >= 15 is 0 Å². The smallest absolute Gasteiger partial charge is 0.323 e. The van der Waals surface area contributed by atoms with E-state index in [1.54, 1.807) is 18.2 Å². The summed E-state index contributed by atoms with van der Waals surface area (Å²) in [6.45, 7) is 1.84. The number of aromatic nitrogens is 2. The second kappa shape index (κ2) is 5.62. The number of nitrogens with one attached hydrogen (secondary N) is 3. The minimum absolute atomic E-state index is 0.255. The number of benzene rings is 1. The summed E-state index contributed by atoms with van der Waals surface area (Å²) in [5, 5.41) is 21.3. The topological polar surface area (TPSA) is 124 Å². The van der Waals surface area contributed by atoms with Crippen LogP contribution in [0.5, 0.6) is 0 Å². The molecule has 8 nitrogen and oxygen atoms in total. The van der Waals surface area contributed by atoms with Gasteiger partial charge >= 0.3 is 5.69 Å². The number of nitriles is 2. The molecule has 3 rings (SSSR count). The van der Waals surface area contributed by atoms with Gasteiger partial charge in [0.2, 0.25) is 5.71 Å². The van der Waals surface area contributed by atoms with Gasteiger partial charge in [-0.2, -0.15) is 15.6 Å². The Hall–Kier alpha value is -3.26. The van der Waals surface area contributed by atoms with Gasteiger partial charge in [-0.3, -0.25) is 5.43 Å². The summed E-state index contributed by atoms with van der Waals surface area (Å²) in [5.41, 5.74) is 5.11. The van der Waals surface area contributed by atoms with Crippen molar-refractivity contribution < 1.29 is 0 Å². The van der Waals surface area contributed by atoms with Gasteiger partial charge in [-0.25, -0.2) is 4.79 Å². The monoisotopic (exact) mass is 295 g/mol. The van der Waals surface area contributed by atoms with Crippen LogP contribution in [-0.2, 0) is 0 Å². The predicted molar refractivity (Wildman–Crippen MR) is 82.7 cm³/mol. The third kappa shape index (κ3) is 2.50. The number of hydrazone groups is 1. The number of rotatable bonds is 3. The number of aromatic amines is 2. The molecule has 3 N–H and O–H groups in total. The first kappa shape index (κ1) is 13.7. The predicted octanol–water partition coefficient (Wildman–Crippen LogP) is 1.27. The SMILES string of the molecule is N#CC(C#N)=NNc1cc2[nH]c(=O)[nH]c2cc1N1CCCC1. The summed E-state index contributed by atoms with van der Waals surface area (Å²) < 4.78 is 0. The molecule has 0 radical (unpaired) electrons.